The average Bonchev–Trinajstić information content (AvgIpc) is 3.03. The zero-order valence-corrected chi connectivity index (χ0v) is 10.6. The van der Waals surface area contributed by atoms with Crippen LogP contribution in [0.25, 0.3) is 22.3 Å². The number of anilines is 1. The highest BCUT2D eigenvalue weighted by atomic mass is 16.3. The number of hydrogen-bond acceptors (Lipinski definition) is 4. The van der Waals surface area contributed by atoms with E-state index in [1.165, 1.54) is 0 Å². The number of aliphatic hydroxyl groups excluding tert-OH is 1. The quantitative estimate of drug-likeness (QED) is 0.659. The van der Waals surface area contributed by atoms with E-state index in [4.69, 9.17) is 5.11 Å². The molecule has 0 atom stereocenters. The maximum absolute atomic E-state index is 8.89. The van der Waals surface area contributed by atoms with E-state index < -0.39 is 0 Å². The molecule has 3 rings (SSSR count). The fourth-order valence-corrected chi connectivity index (χ4v) is 2.14. The van der Waals surface area contributed by atoms with Gasteiger partial charge in [0, 0.05) is 30.7 Å². The zero-order chi connectivity index (χ0) is 13.2. The summed E-state index contributed by atoms with van der Waals surface area (Å²) in [5.74, 6) is 0.736. The van der Waals surface area contributed by atoms with Gasteiger partial charge in [0.05, 0.1) is 24.8 Å². The van der Waals surface area contributed by atoms with Crippen LogP contribution in [0.2, 0.25) is 0 Å². The van der Waals surface area contributed by atoms with Crippen molar-refractivity contribution >= 4 is 16.9 Å². The number of fused-ring (bicyclic) bond motifs is 1. The molecule has 0 spiro atoms. The van der Waals surface area contributed by atoms with Crippen LogP contribution in [0, 0.1) is 0 Å². The molecule has 6 heteroatoms. The molecule has 3 aromatic heterocycles. The van der Waals surface area contributed by atoms with Crippen molar-refractivity contribution < 1.29 is 5.11 Å². The molecule has 0 aliphatic heterocycles. The van der Waals surface area contributed by atoms with Crippen LogP contribution in [-0.2, 0) is 7.05 Å². The second kappa shape index (κ2) is 4.74. The minimum atomic E-state index is 0.0749. The van der Waals surface area contributed by atoms with Gasteiger partial charge >= 0.3 is 0 Å². The number of hydrogen-bond donors (Lipinski definition) is 3. The maximum Gasteiger partial charge on any atom is 0.140 e. The Bertz CT molecular complexity index is 700. The largest absolute Gasteiger partial charge is 0.395 e. The molecule has 0 amide bonds. The Morgan fingerprint density at radius 3 is 3.11 bits per heavy atom. The summed E-state index contributed by atoms with van der Waals surface area (Å²) in [6.45, 7) is 0.551. The number of nitrogens with zero attached hydrogens (tertiary/aromatic N) is 3. The smallest absolute Gasteiger partial charge is 0.140 e. The average molecular weight is 257 g/mol. The fourth-order valence-electron chi connectivity index (χ4n) is 2.14. The Hall–Kier alpha value is -2.34. The number of aromatic nitrogens is 4. The van der Waals surface area contributed by atoms with Gasteiger partial charge in [-0.25, -0.2) is 9.97 Å². The Morgan fingerprint density at radius 2 is 2.37 bits per heavy atom. The zero-order valence-electron chi connectivity index (χ0n) is 10.6. The monoisotopic (exact) mass is 257 g/mol. The van der Waals surface area contributed by atoms with E-state index >= 15 is 0 Å². The highest BCUT2D eigenvalue weighted by Gasteiger charge is 2.11. The van der Waals surface area contributed by atoms with Gasteiger partial charge in [-0.2, -0.15) is 0 Å². The summed E-state index contributed by atoms with van der Waals surface area (Å²) in [5, 5.41) is 13.0. The van der Waals surface area contributed by atoms with Crippen LogP contribution in [0.15, 0.2) is 30.9 Å². The summed E-state index contributed by atoms with van der Waals surface area (Å²) in [6, 6.07) is 3.98. The van der Waals surface area contributed by atoms with Crippen LogP contribution in [0.4, 0.5) is 5.82 Å². The van der Waals surface area contributed by atoms with Gasteiger partial charge in [-0.15, -0.1) is 0 Å². The predicted octanol–water partition coefficient (Wildman–Crippen LogP) is 1.37. The van der Waals surface area contributed by atoms with Crippen molar-refractivity contribution in [1.29, 1.82) is 0 Å². The molecule has 3 aromatic rings. The number of H-pyrrole nitrogens is 1. The summed E-state index contributed by atoms with van der Waals surface area (Å²) < 4.78 is 1.97. The van der Waals surface area contributed by atoms with Crippen molar-refractivity contribution in [2.24, 2.45) is 7.05 Å². The van der Waals surface area contributed by atoms with Crippen LogP contribution in [0.3, 0.4) is 0 Å². The lowest BCUT2D eigenvalue weighted by Crippen LogP contribution is -2.07. The third kappa shape index (κ3) is 2.06. The van der Waals surface area contributed by atoms with E-state index in [-0.39, 0.29) is 6.61 Å². The van der Waals surface area contributed by atoms with Crippen LogP contribution >= 0.6 is 0 Å². The summed E-state index contributed by atoms with van der Waals surface area (Å²) >= 11 is 0. The molecule has 0 aromatic carbocycles. The third-order valence-electron chi connectivity index (χ3n) is 3.04. The van der Waals surface area contributed by atoms with Crippen molar-refractivity contribution in [2.75, 3.05) is 18.5 Å². The predicted molar refractivity (Wildman–Crippen MR) is 73.9 cm³/mol. The van der Waals surface area contributed by atoms with Gasteiger partial charge in [0.15, 0.2) is 0 Å². The lowest BCUT2D eigenvalue weighted by atomic mass is 10.1. The Labute approximate surface area is 110 Å². The minimum absolute atomic E-state index is 0.0749. The third-order valence-corrected chi connectivity index (χ3v) is 3.04. The lowest BCUT2D eigenvalue weighted by Gasteiger charge is -2.08. The normalized spacial score (nSPS) is 11.1. The number of pyridine rings is 1. The van der Waals surface area contributed by atoms with Crippen LogP contribution in [-0.4, -0.2) is 37.8 Å². The van der Waals surface area contributed by atoms with Crippen molar-refractivity contribution in [3.63, 3.8) is 0 Å². The van der Waals surface area contributed by atoms with Crippen molar-refractivity contribution in [3.8, 4) is 11.3 Å². The number of rotatable bonds is 4. The van der Waals surface area contributed by atoms with Gasteiger partial charge in [0.25, 0.3) is 0 Å². The van der Waals surface area contributed by atoms with Crippen molar-refractivity contribution in [3.05, 3.63) is 30.9 Å². The van der Waals surface area contributed by atoms with E-state index in [2.05, 4.69) is 20.3 Å². The van der Waals surface area contributed by atoms with Gasteiger partial charge in [-0.05, 0) is 12.1 Å². The van der Waals surface area contributed by atoms with Gasteiger partial charge in [0.1, 0.15) is 11.5 Å². The molecule has 0 radical (unpaired) electrons. The molecule has 3 N–H and O–H groups in total. The number of aromatic amines is 1. The van der Waals surface area contributed by atoms with E-state index in [0.29, 0.717) is 6.54 Å². The van der Waals surface area contributed by atoms with Crippen LogP contribution in [0.1, 0.15) is 0 Å². The van der Waals surface area contributed by atoms with E-state index in [0.717, 1.165) is 28.1 Å². The molecule has 0 saturated carbocycles. The van der Waals surface area contributed by atoms with Gasteiger partial charge in [-0.1, -0.05) is 0 Å². The Balaban J connectivity index is 2.16. The molecule has 98 valence electrons. The van der Waals surface area contributed by atoms with Crippen molar-refractivity contribution in [2.45, 2.75) is 0 Å². The fraction of sp³-hybridized carbons (Fsp3) is 0.231. The minimum Gasteiger partial charge on any atom is -0.395 e. The number of imidazole rings is 1. The molecule has 0 bridgehead atoms. The number of aryl methyl sites for hydroxylation is 1. The van der Waals surface area contributed by atoms with E-state index in [1.54, 1.807) is 6.33 Å². The van der Waals surface area contributed by atoms with Crippen LogP contribution in [0.5, 0.6) is 0 Å². The molecule has 3 heterocycles. The maximum atomic E-state index is 8.89. The highest BCUT2D eigenvalue weighted by Crippen LogP contribution is 2.29. The standard InChI is InChI=1S/C13H15N5O/c1-18-8-14-7-11(18)10-6-12(15-4-5-19)17-13-9(10)2-3-16-13/h2-3,6-8,19H,4-5H2,1H3,(H2,15,16,17). The molecule has 0 unspecified atom stereocenters. The van der Waals surface area contributed by atoms with Gasteiger partial charge in [-0.3, -0.25) is 0 Å². The number of nitrogens with one attached hydrogen (secondary N) is 2. The molecular weight excluding hydrogens is 242 g/mol. The van der Waals surface area contributed by atoms with Crippen LogP contribution < -0.4 is 5.32 Å². The van der Waals surface area contributed by atoms with Crippen molar-refractivity contribution in [1.82, 2.24) is 19.5 Å². The SMILES string of the molecule is Cn1cncc1-c1cc(NCCO)nc2[nH]ccc12. The molecular formula is C13H15N5O. The van der Waals surface area contributed by atoms with E-state index in [1.807, 2.05) is 36.1 Å². The van der Waals surface area contributed by atoms with Gasteiger partial charge < -0.3 is 20.0 Å². The lowest BCUT2D eigenvalue weighted by molar-refractivity contribution is 0.311. The first-order valence-corrected chi connectivity index (χ1v) is 6.09. The molecule has 6 nitrogen and oxygen atoms in total. The molecule has 0 saturated heterocycles. The van der Waals surface area contributed by atoms with Gasteiger partial charge in [0.2, 0.25) is 0 Å². The highest BCUT2D eigenvalue weighted by molar-refractivity contribution is 5.93. The summed E-state index contributed by atoms with van der Waals surface area (Å²) in [4.78, 5) is 11.7. The first-order valence-electron chi connectivity index (χ1n) is 6.09. The second-order valence-electron chi connectivity index (χ2n) is 4.34. The second-order valence-corrected chi connectivity index (χ2v) is 4.34. The summed E-state index contributed by atoms with van der Waals surface area (Å²) in [7, 11) is 1.96. The summed E-state index contributed by atoms with van der Waals surface area (Å²) in [6.07, 6.45) is 5.47. The molecule has 0 fully saturated rings. The first-order chi connectivity index (χ1) is 9.29. The topological polar surface area (TPSA) is 78.8 Å². The molecule has 0 aliphatic rings. The molecule has 19 heavy (non-hydrogen) atoms. The number of aliphatic hydroxyl groups is 1. The molecule has 0 aliphatic carbocycles. The first kappa shape index (κ1) is 11.7. The Kier molecular flexibility index (Phi) is 2.92. The summed E-state index contributed by atoms with van der Waals surface area (Å²) in [5.41, 5.74) is 2.91. The van der Waals surface area contributed by atoms with E-state index in [9.17, 15) is 0 Å². The Morgan fingerprint density at radius 1 is 1.47 bits per heavy atom.